The highest BCUT2D eigenvalue weighted by Gasteiger charge is 2.16. The van der Waals surface area contributed by atoms with Crippen molar-refractivity contribution in [3.63, 3.8) is 0 Å². The lowest BCUT2D eigenvalue weighted by atomic mass is 9.97. The van der Waals surface area contributed by atoms with Crippen LogP contribution in [-0.2, 0) is 10.8 Å². The quantitative estimate of drug-likeness (QED) is 0.746. The Morgan fingerprint density at radius 1 is 1.21 bits per heavy atom. The van der Waals surface area contributed by atoms with E-state index in [9.17, 15) is 9.00 Å². The van der Waals surface area contributed by atoms with Crippen molar-refractivity contribution in [1.82, 2.24) is 0 Å². The summed E-state index contributed by atoms with van der Waals surface area (Å²) in [6.07, 6.45) is 1.00. The van der Waals surface area contributed by atoms with Crippen molar-refractivity contribution in [2.75, 3.05) is 11.5 Å². The van der Waals surface area contributed by atoms with Crippen LogP contribution in [0.25, 0.3) is 0 Å². The van der Waals surface area contributed by atoms with E-state index in [2.05, 4.69) is 13.8 Å². The summed E-state index contributed by atoms with van der Waals surface area (Å²) in [7, 11) is -1.05. The molecule has 1 aromatic rings. The number of carbonyl (C=O) groups is 1. The Morgan fingerprint density at radius 3 is 2.21 bits per heavy atom. The standard InChI is InChI=1S/C16H24O2S/c1-6-11(2)9-19(18)10-15(17)16-13(4)7-12(3)8-14(16)5/h7-8,11H,6,9-10H2,1-5H3. The van der Waals surface area contributed by atoms with Crippen LogP contribution in [0.4, 0.5) is 0 Å². The first-order valence-electron chi connectivity index (χ1n) is 6.81. The first-order valence-corrected chi connectivity index (χ1v) is 8.30. The van der Waals surface area contributed by atoms with Crippen molar-refractivity contribution < 1.29 is 9.00 Å². The van der Waals surface area contributed by atoms with Crippen LogP contribution in [0, 0.1) is 26.7 Å². The molecule has 0 bridgehead atoms. The van der Waals surface area contributed by atoms with E-state index in [4.69, 9.17) is 0 Å². The maximum atomic E-state index is 12.3. The second-order valence-electron chi connectivity index (χ2n) is 5.46. The Balaban J connectivity index is 2.82. The van der Waals surface area contributed by atoms with Gasteiger partial charge in [-0.3, -0.25) is 9.00 Å². The fraction of sp³-hybridized carbons (Fsp3) is 0.562. The molecule has 0 fully saturated rings. The van der Waals surface area contributed by atoms with E-state index in [-0.39, 0.29) is 11.5 Å². The van der Waals surface area contributed by atoms with Gasteiger partial charge in [0, 0.05) is 22.1 Å². The molecular weight excluding hydrogens is 256 g/mol. The fourth-order valence-corrected chi connectivity index (χ4v) is 3.76. The molecule has 0 amide bonds. The molecule has 0 aromatic heterocycles. The minimum absolute atomic E-state index is 0.0108. The van der Waals surface area contributed by atoms with E-state index in [1.165, 1.54) is 0 Å². The molecule has 0 aliphatic heterocycles. The van der Waals surface area contributed by atoms with Gasteiger partial charge in [0.15, 0.2) is 5.78 Å². The second kappa shape index (κ2) is 6.99. The number of ketones is 1. The third kappa shape index (κ3) is 4.57. The molecule has 1 rings (SSSR count). The van der Waals surface area contributed by atoms with Crippen LogP contribution in [-0.4, -0.2) is 21.5 Å². The number of rotatable bonds is 6. The van der Waals surface area contributed by atoms with Crippen molar-refractivity contribution in [3.05, 3.63) is 34.4 Å². The van der Waals surface area contributed by atoms with Crippen LogP contribution in [0.2, 0.25) is 0 Å². The largest absolute Gasteiger partial charge is 0.293 e. The zero-order chi connectivity index (χ0) is 14.6. The summed E-state index contributed by atoms with van der Waals surface area (Å²) in [5.41, 5.74) is 3.89. The molecule has 0 saturated heterocycles. The van der Waals surface area contributed by atoms with Gasteiger partial charge < -0.3 is 0 Å². The third-order valence-electron chi connectivity index (χ3n) is 3.42. The monoisotopic (exact) mass is 280 g/mol. The van der Waals surface area contributed by atoms with E-state index in [0.29, 0.717) is 11.7 Å². The summed E-state index contributed by atoms with van der Waals surface area (Å²) in [5.74, 6) is 1.19. The van der Waals surface area contributed by atoms with Gasteiger partial charge in [-0.15, -0.1) is 0 Å². The van der Waals surface area contributed by atoms with Crippen molar-refractivity contribution >= 4 is 16.6 Å². The molecule has 0 heterocycles. The maximum absolute atomic E-state index is 12.3. The molecule has 106 valence electrons. The molecular formula is C16H24O2S. The van der Waals surface area contributed by atoms with Crippen LogP contribution in [0.3, 0.4) is 0 Å². The Bertz CT molecular complexity index is 469. The summed E-state index contributed by atoms with van der Waals surface area (Å²) in [4.78, 5) is 12.3. The molecule has 0 aliphatic carbocycles. The van der Waals surface area contributed by atoms with Gasteiger partial charge in [0.25, 0.3) is 0 Å². The highest BCUT2D eigenvalue weighted by molar-refractivity contribution is 7.85. The molecule has 2 atom stereocenters. The van der Waals surface area contributed by atoms with Crippen LogP contribution < -0.4 is 0 Å². The average Bonchev–Trinajstić information content (AvgIpc) is 2.26. The van der Waals surface area contributed by atoms with Gasteiger partial charge in [0.1, 0.15) is 0 Å². The van der Waals surface area contributed by atoms with Gasteiger partial charge in [-0.2, -0.15) is 0 Å². The van der Waals surface area contributed by atoms with E-state index >= 15 is 0 Å². The molecule has 0 spiro atoms. The summed E-state index contributed by atoms with van der Waals surface area (Å²) < 4.78 is 12.0. The van der Waals surface area contributed by atoms with Gasteiger partial charge >= 0.3 is 0 Å². The van der Waals surface area contributed by atoms with E-state index < -0.39 is 10.8 Å². The molecule has 1 aromatic carbocycles. The van der Waals surface area contributed by atoms with Gasteiger partial charge in [-0.25, -0.2) is 0 Å². The highest BCUT2D eigenvalue weighted by Crippen LogP contribution is 2.17. The van der Waals surface area contributed by atoms with Crippen molar-refractivity contribution in [1.29, 1.82) is 0 Å². The maximum Gasteiger partial charge on any atom is 0.175 e. The number of aryl methyl sites for hydroxylation is 3. The Kier molecular flexibility index (Phi) is 5.92. The van der Waals surface area contributed by atoms with Crippen molar-refractivity contribution in [2.45, 2.75) is 41.0 Å². The molecule has 0 N–H and O–H groups in total. The molecule has 2 nitrogen and oxygen atoms in total. The Labute approximate surface area is 119 Å². The molecule has 0 radical (unpaired) electrons. The summed E-state index contributed by atoms with van der Waals surface area (Å²) in [6, 6.07) is 4.02. The lowest BCUT2D eigenvalue weighted by Gasteiger charge is -2.11. The minimum atomic E-state index is -1.05. The summed E-state index contributed by atoms with van der Waals surface area (Å²) in [5, 5.41) is 0. The van der Waals surface area contributed by atoms with Gasteiger partial charge in [-0.05, 0) is 37.8 Å². The number of carbonyl (C=O) groups excluding carboxylic acids is 1. The first-order chi connectivity index (χ1) is 8.85. The number of Topliss-reactive ketones (excluding diaryl/α,β-unsaturated/α-hetero) is 1. The normalized spacial score (nSPS) is 14.2. The minimum Gasteiger partial charge on any atom is -0.293 e. The predicted octanol–water partition coefficient (Wildman–Crippen LogP) is 3.59. The summed E-state index contributed by atoms with van der Waals surface area (Å²) in [6.45, 7) is 10.1. The van der Waals surface area contributed by atoms with Crippen LogP contribution in [0.1, 0.15) is 47.3 Å². The molecule has 2 unspecified atom stereocenters. The summed E-state index contributed by atoms with van der Waals surface area (Å²) >= 11 is 0. The Hall–Kier alpha value is -0.960. The molecule has 3 heteroatoms. The van der Waals surface area contributed by atoms with Crippen molar-refractivity contribution in [3.8, 4) is 0 Å². The van der Waals surface area contributed by atoms with Crippen LogP contribution in [0.15, 0.2) is 12.1 Å². The number of benzene rings is 1. The third-order valence-corrected chi connectivity index (χ3v) is 4.94. The second-order valence-corrected chi connectivity index (χ2v) is 6.96. The average molecular weight is 280 g/mol. The van der Waals surface area contributed by atoms with Gasteiger partial charge in [0.2, 0.25) is 0 Å². The lowest BCUT2D eigenvalue weighted by Crippen LogP contribution is -2.18. The zero-order valence-corrected chi connectivity index (χ0v) is 13.4. The Morgan fingerprint density at radius 2 is 1.74 bits per heavy atom. The van der Waals surface area contributed by atoms with Crippen LogP contribution >= 0.6 is 0 Å². The fourth-order valence-electron chi connectivity index (χ4n) is 2.33. The number of hydrogen-bond donors (Lipinski definition) is 0. The zero-order valence-electron chi connectivity index (χ0n) is 12.6. The van der Waals surface area contributed by atoms with Gasteiger partial charge in [-0.1, -0.05) is 38.0 Å². The van der Waals surface area contributed by atoms with E-state index in [1.807, 2.05) is 32.9 Å². The molecule has 0 aliphatic rings. The lowest BCUT2D eigenvalue weighted by molar-refractivity contribution is 0.102. The topological polar surface area (TPSA) is 34.1 Å². The van der Waals surface area contributed by atoms with Gasteiger partial charge in [0.05, 0.1) is 5.75 Å². The van der Waals surface area contributed by atoms with Crippen molar-refractivity contribution in [2.24, 2.45) is 5.92 Å². The molecule has 0 saturated carbocycles. The molecule has 19 heavy (non-hydrogen) atoms. The van der Waals surface area contributed by atoms with E-state index in [1.54, 1.807) is 0 Å². The smallest absolute Gasteiger partial charge is 0.175 e. The van der Waals surface area contributed by atoms with Crippen LogP contribution in [0.5, 0.6) is 0 Å². The number of hydrogen-bond acceptors (Lipinski definition) is 2. The highest BCUT2D eigenvalue weighted by atomic mass is 32.2. The SMILES string of the molecule is CCC(C)CS(=O)CC(=O)c1c(C)cc(C)cc1C. The predicted molar refractivity (Wildman–Crippen MR) is 82.3 cm³/mol. The first kappa shape index (κ1) is 16.1. The van der Waals surface area contributed by atoms with E-state index in [0.717, 1.165) is 28.7 Å².